The van der Waals surface area contributed by atoms with Gasteiger partial charge >= 0.3 is 0 Å². The first-order valence-corrected chi connectivity index (χ1v) is 9.67. The third-order valence-electron chi connectivity index (χ3n) is 5.48. The molecular formula is C24H20F2N2O2. The first kappa shape index (κ1) is 19.8. The van der Waals surface area contributed by atoms with Crippen molar-refractivity contribution in [2.45, 2.75) is 24.9 Å². The van der Waals surface area contributed by atoms with Crippen LogP contribution in [0.2, 0.25) is 0 Å². The highest BCUT2D eigenvalue weighted by molar-refractivity contribution is 5.98. The van der Waals surface area contributed by atoms with Gasteiger partial charge in [-0.2, -0.15) is 0 Å². The number of benzene rings is 3. The van der Waals surface area contributed by atoms with Crippen molar-refractivity contribution in [1.29, 1.82) is 0 Å². The number of hydrogen-bond donors (Lipinski definition) is 1. The lowest BCUT2D eigenvalue weighted by Crippen LogP contribution is -2.43. The maximum atomic E-state index is 14.0. The van der Waals surface area contributed by atoms with Crippen LogP contribution in [0.15, 0.2) is 72.8 Å². The van der Waals surface area contributed by atoms with Gasteiger partial charge in [-0.05, 0) is 53.8 Å². The molecule has 3 aromatic carbocycles. The summed E-state index contributed by atoms with van der Waals surface area (Å²) in [6.07, 6.45) is 0.906. The number of aryl methyl sites for hydroxylation is 1. The summed E-state index contributed by atoms with van der Waals surface area (Å²) in [6, 6.07) is 17.9. The van der Waals surface area contributed by atoms with Gasteiger partial charge in [-0.25, -0.2) is 8.78 Å². The number of carbonyl (C=O) groups excluding carboxylic acids is 2. The van der Waals surface area contributed by atoms with Gasteiger partial charge in [0.05, 0.1) is 6.04 Å². The fourth-order valence-corrected chi connectivity index (χ4v) is 4.13. The van der Waals surface area contributed by atoms with Crippen LogP contribution < -0.4 is 5.73 Å². The lowest BCUT2D eigenvalue weighted by atomic mass is 9.98. The number of halogens is 2. The summed E-state index contributed by atoms with van der Waals surface area (Å²) in [4.78, 5) is 27.5. The standard InChI is InChI=1S/C24H20F2N2O2/c25-19-13-17-11-12-21(18(17)14-20(19)26)28(24(30)16-9-5-2-6-10-16)22(23(27)29)15-7-3-1-4-8-15/h1-10,13-14,21-22H,11-12H2,(H2,27,29)/t21-,22+/m1/s1. The van der Waals surface area contributed by atoms with E-state index in [1.165, 1.54) is 4.90 Å². The molecule has 4 nitrogen and oxygen atoms in total. The van der Waals surface area contributed by atoms with E-state index >= 15 is 0 Å². The van der Waals surface area contributed by atoms with E-state index in [2.05, 4.69) is 0 Å². The van der Waals surface area contributed by atoms with Crippen LogP contribution in [0, 0.1) is 11.6 Å². The van der Waals surface area contributed by atoms with Gasteiger partial charge in [-0.3, -0.25) is 9.59 Å². The fourth-order valence-electron chi connectivity index (χ4n) is 4.13. The second-order valence-electron chi connectivity index (χ2n) is 7.31. The maximum Gasteiger partial charge on any atom is 0.255 e. The molecule has 4 rings (SSSR count). The fraction of sp³-hybridized carbons (Fsp3) is 0.167. The van der Waals surface area contributed by atoms with E-state index in [0.29, 0.717) is 35.1 Å². The molecular weight excluding hydrogens is 386 g/mol. The Morgan fingerprint density at radius 1 is 0.933 bits per heavy atom. The van der Waals surface area contributed by atoms with E-state index in [1.807, 2.05) is 0 Å². The first-order chi connectivity index (χ1) is 14.5. The summed E-state index contributed by atoms with van der Waals surface area (Å²) < 4.78 is 27.8. The summed E-state index contributed by atoms with van der Waals surface area (Å²) in [7, 11) is 0. The van der Waals surface area contributed by atoms with Crippen molar-refractivity contribution < 1.29 is 18.4 Å². The highest BCUT2D eigenvalue weighted by Gasteiger charge is 2.39. The Kier molecular flexibility index (Phi) is 5.31. The minimum atomic E-state index is -1.05. The van der Waals surface area contributed by atoms with Gasteiger partial charge in [0.1, 0.15) is 6.04 Å². The summed E-state index contributed by atoms with van der Waals surface area (Å²) in [5.41, 5.74) is 7.83. The minimum Gasteiger partial charge on any atom is -0.368 e. The Hall–Kier alpha value is -3.54. The summed E-state index contributed by atoms with van der Waals surface area (Å²) in [5.74, 6) is -3.00. The molecule has 0 aromatic heterocycles. The van der Waals surface area contributed by atoms with Crippen molar-refractivity contribution in [2.24, 2.45) is 5.73 Å². The molecule has 2 atom stereocenters. The zero-order chi connectivity index (χ0) is 21.3. The Labute approximate surface area is 172 Å². The van der Waals surface area contributed by atoms with E-state index in [0.717, 1.165) is 12.1 Å². The average molecular weight is 406 g/mol. The van der Waals surface area contributed by atoms with Crippen LogP contribution in [-0.4, -0.2) is 16.7 Å². The molecule has 1 aliphatic rings. The molecule has 30 heavy (non-hydrogen) atoms. The normalized spacial score (nSPS) is 16.0. The molecule has 2 N–H and O–H groups in total. The molecule has 0 bridgehead atoms. The molecule has 0 heterocycles. The second-order valence-corrected chi connectivity index (χ2v) is 7.31. The van der Waals surface area contributed by atoms with E-state index < -0.39 is 35.5 Å². The summed E-state index contributed by atoms with van der Waals surface area (Å²) in [5, 5.41) is 0. The van der Waals surface area contributed by atoms with Gasteiger partial charge in [-0.15, -0.1) is 0 Å². The van der Waals surface area contributed by atoms with E-state index in [1.54, 1.807) is 60.7 Å². The van der Waals surface area contributed by atoms with Crippen molar-refractivity contribution >= 4 is 11.8 Å². The Balaban J connectivity index is 1.86. The van der Waals surface area contributed by atoms with Crippen LogP contribution in [0.25, 0.3) is 0 Å². The number of primary amides is 1. The van der Waals surface area contributed by atoms with Crippen LogP contribution in [0.3, 0.4) is 0 Å². The van der Waals surface area contributed by atoms with Crippen LogP contribution in [0.4, 0.5) is 8.78 Å². The van der Waals surface area contributed by atoms with Gasteiger partial charge in [0, 0.05) is 5.56 Å². The topological polar surface area (TPSA) is 63.4 Å². The van der Waals surface area contributed by atoms with Gasteiger partial charge < -0.3 is 10.6 Å². The van der Waals surface area contributed by atoms with E-state index in [9.17, 15) is 18.4 Å². The summed E-state index contributed by atoms with van der Waals surface area (Å²) in [6.45, 7) is 0. The van der Waals surface area contributed by atoms with Crippen LogP contribution in [0.5, 0.6) is 0 Å². The third kappa shape index (κ3) is 3.56. The molecule has 0 aliphatic heterocycles. The molecule has 2 amide bonds. The number of fused-ring (bicyclic) bond motifs is 1. The molecule has 0 saturated heterocycles. The zero-order valence-corrected chi connectivity index (χ0v) is 16.1. The Morgan fingerprint density at radius 2 is 1.53 bits per heavy atom. The van der Waals surface area contributed by atoms with Crippen LogP contribution >= 0.6 is 0 Å². The van der Waals surface area contributed by atoms with Crippen LogP contribution in [-0.2, 0) is 11.2 Å². The predicted octanol–water partition coefficient (Wildman–Crippen LogP) is 4.32. The predicted molar refractivity (Wildman–Crippen MR) is 108 cm³/mol. The molecule has 0 saturated carbocycles. The highest BCUT2D eigenvalue weighted by atomic mass is 19.2. The monoisotopic (exact) mass is 406 g/mol. The number of hydrogen-bond acceptors (Lipinski definition) is 2. The molecule has 0 fully saturated rings. The van der Waals surface area contributed by atoms with Crippen molar-refractivity contribution in [3.63, 3.8) is 0 Å². The molecule has 0 spiro atoms. The number of carbonyl (C=O) groups is 2. The Bertz CT molecular complexity index is 1090. The highest BCUT2D eigenvalue weighted by Crippen LogP contribution is 2.41. The van der Waals surface area contributed by atoms with E-state index in [-0.39, 0.29) is 0 Å². The van der Waals surface area contributed by atoms with Crippen molar-refractivity contribution in [1.82, 2.24) is 4.90 Å². The minimum absolute atomic E-state index is 0.385. The van der Waals surface area contributed by atoms with Gasteiger partial charge in [0.15, 0.2) is 11.6 Å². The SMILES string of the molecule is NC(=O)[C@H](c1ccccc1)N(C(=O)c1ccccc1)[C@@H]1CCc2cc(F)c(F)cc21. The number of rotatable bonds is 5. The Morgan fingerprint density at radius 3 is 2.17 bits per heavy atom. The molecule has 6 heteroatoms. The van der Waals surface area contributed by atoms with E-state index in [4.69, 9.17) is 5.73 Å². The third-order valence-corrected chi connectivity index (χ3v) is 5.48. The number of nitrogens with two attached hydrogens (primary N) is 1. The lowest BCUT2D eigenvalue weighted by molar-refractivity contribution is -0.123. The lowest BCUT2D eigenvalue weighted by Gasteiger charge is -2.36. The quantitative estimate of drug-likeness (QED) is 0.686. The summed E-state index contributed by atoms with van der Waals surface area (Å²) >= 11 is 0. The maximum absolute atomic E-state index is 14.0. The van der Waals surface area contributed by atoms with Crippen molar-refractivity contribution in [2.75, 3.05) is 0 Å². The molecule has 152 valence electrons. The number of amides is 2. The van der Waals surface area contributed by atoms with Gasteiger partial charge in [-0.1, -0.05) is 48.5 Å². The zero-order valence-electron chi connectivity index (χ0n) is 16.1. The number of nitrogens with zero attached hydrogens (tertiary/aromatic N) is 1. The molecule has 1 aliphatic carbocycles. The molecule has 0 radical (unpaired) electrons. The molecule has 0 unspecified atom stereocenters. The van der Waals surface area contributed by atoms with Gasteiger partial charge in [0.2, 0.25) is 5.91 Å². The largest absolute Gasteiger partial charge is 0.368 e. The first-order valence-electron chi connectivity index (χ1n) is 9.67. The second kappa shape index (κ2) is 8.06. The average Bonchev–Trinajstić information content (AvgIpc) is 3.14. The van der Waals surface area contributed by atoms with Crippen molar-refractivity contribution in [3.8, 4) is 0 Å². The molecule has 3 aromatic rings. The van der Waals surface area contributed by atoms with Gasteiger partial charge in [0.25, 0.3) is 5.91 Å². The smallest absolute Gasteiger partial charge is 0.255 e. The van der Waals surface area contributed by atoms with Crippen LogP contribution in [0.1, 0.15) is 45.6 Å². The van der Waals surface area contributed by atoms with Crippen molar-refractivity contribution in [3.05, 3.63) is 107 Å².